The highest BCUT2D eigenvalue weighted by Crippen LogP contribution is 2.35. The van der Waals surface area contributed by atoms with Gasteiger partial charge >= 0.3 is 6.03 Å². The molecule has 0 bridgehead atoms. The van der Waals surface area contributed by atoms with Crippen molar-refractivity contribution in [2.75, 3.05) is 13.1 Å². The molecule has 0 radical (unpaired) electrons. The van der Waals surface area contributed by atoms with Crippen molar-refractivity contribution in [3.8, 4) is 0 Å². The number of piperidine rings is 1. The Morgan fingerprint density at radius 3 is 2.15 bits per heavy atom. The minimum absolute atomic E-state index is 0.0560. The van der Waals surface area contributed by atoms with Gasteiger partial charge in [-0.3, -0.25) is 19.7 Å². The number of rotatable bonds is 6. The summed E-state index contributed by atoms with van der Waals surface area (Å²) < 4.78 is 15.2. The molecule has 3 aromatic carbocycles. The minimum Gasteiger partial charge on any atom is -0.322 e. The predicted octanol–water partition coefficient (Wildman–Crippen LogP) is 4.92. The van der Waals surface area contributed by atoms with E-state index in [-0.39, 0.29) is 49.5 Å². The van der Waals surface area contributed by atoms with Crippen LogP contribution in [0.15, 0.2) is 60.7 Å². The largest absolute Gasteiger partial charge is 0.322 e. The fourth-order valence-electron chi connectivity index (χ4n) is 5.86. The van der Waals surface area contributed by atoms with E-state index < -0.39 is 23.7 Å². The number of urea groups is 1. The third-order valence-electron chi connectivity index (χ3n) is 7.82. The van der Waals surface area contributed by atoms with Gasteiger partial charge in [0, 0.05) is 42.6 Å². The molecule has 210 valence electrons. The summed E-state index contributed by atoms with van der Waals surface area (Å²) in [5.74, 6) is -2.21. The molecule has 0 spiro atoms. The molecule has 6 rings (SSSR count). The van der Waals surface area contributed by atoms with Crippen LogP contribution in [0.25, 0.3) is 0 Å². The number of carbonyl (C=O) groups excluding carboxylic acids is 4. The first-order chi connectivity index (χ1) is 19.7. The van der Waals surface area contributed by atoms with Crippen LogP contribution in [0.1, 0.15) is 51.5 Å². The molecule has 0 saturated carbocycles. The van der Waals surface area contributed by atoms with Crippen molar-refractivity contribution in [3.05, 3.63) is 104 Å². The second kappa shape index (κ2) is 10.8. The fraction of sp³-hybridized carbons (Fsp3) is 0.267. The van der Waals surface area contributed by atoms with Crippen LogP contribution in [0.5, 0.6) is 0 Å². The van der Waals surface area contributed by atoms with Crippen LogP contribution in [0.4, 0.5) is 9.18 Å². The summed E-state index contributed by atoms with van der Waals surface area (Å²) in [4.78, 5) is 55.3. The number of amides is 5. The number of nitrogens with one attached hydrogen (secondary N) is 1. The quantitative estimate of drug-likeness (QED) is 0.410. The number of imide groups is 1. The van der Waals surface area contributed by atoms with Gasteiger partial charge in [0.1, 0.15) is 11.9 Å². The van der Waals surface area contributed by atoms with E-state index in [2.05, 4.69) is 5.32 Å². The third kappa shape index (κ3) is 5.15. The summed E-state index contributed by atoms with van der Waals surface area (Å²) >= 11 is 12.2. The lowest BCUT2D eigenvalue weighted by Crippen LogP contribution is -2.52. The Bertz CT molecular complexity index is 1520. The molecule has 11 heteroatoms. The van der Waals surface area contributed by atoms with Gasteiger partial charge in [-0.1, -0.05) is 53.5 Å². The van der Waals surface area contributed by atoms with E-state index in [9.17, 15) is 19.2 Å². The zero-order chi connectivity index (χ0) is 28.8. The van der Waals surface area contributed by atoms with E-state index in [4.69, 9.17) is 23.2 Å². The van der Waals surface area contributed by atoms with Crippen molar-refractivity contribution < 1.29 is 23.6 Å². The molecule has 1 N–H and O–H groups in total. The Morgan fingerprint density at radius 1 is 0.902 bits per heavy atom. The van der Waals surface area contributed by atoms with Gasteiger partial charge in [-0.15, -0.1) is 0 Å². The number of halogens is 3. The molecule has 3 aliphatic rings. The molecule has 2 fully saturated rings. The van der Waals surface area contributed by atoms with E-state index >= 15 is 4.39 Å². The molecule has 3 heterocycles. The fourth-order valence-corrected chi connectivity index (χ4v) is 6.11. The zero-order valence-electron chi connectivity index (χ0n) is 21.8. The van der Waals surface area contributed by atoms with Gasteiger partial charge in [-0.25, -0.2) is 9.18 Å². The van der Waals surface area contributed by atoms with Gasteiger partial charge in [0.25, 0.3) is 5.91 Å². The standard InChI is InChI=1S/C30H25Cl2FN4O4/c31-21-5-1-18(2-6-21)27(19-3-7-22(32)8-4-19)36-12-11-35(30(36)41)15-17-13-20-16-37(29(40)26(20)23(33)14-17)24-9-10-25(38)34-28(24)39/h1-8,13-14,24,27H,9-12,15-16H2,(H,34,38,39). The number of fused-ring (bicyclic) bond motifs is 1. The Morgan fingerprint density at radius 2 is 1.54 bits per heavy atom. The Labute approximate surface area is 245 Å². The highest BCUT2D eigenvalue weighted by atomic mass is 35.5. The van der Waals surface area contributed by atoms with Crippen LogP contribution in [0.3, 0.4) is 0 Å². The lowest BCUT2D eigenvalue weighted by molar-refractivity contribution is -0.136. The summed E-state index contributed by atoms with van der Waals surface area (Å²) in [6.07, 6.45) is 0.310. The second-order valence-corrected chi connectivity index (χ2v) is 11.3. The zero-order valence-corrected chi connectivity index (χ0v) is 23.3. The Hall–Kier alpha value is -3.95. The highest BCUT2D eigenvalue weighted by Gasteiger charge is 2.41. The first kappa shape index (κ1) is 27.2. The van der Waals surface area contributed by atoms with Crippen molar-refractivity contribution in [3.63, 3.8) is 0 Å². The molecule has 0 aromatic heterocycles. The second-order valence-electron chi connectivity index (χ2n) is 10.4. The van der Waals surface area contributed by atoms with Gasteiger partial charge in [0.15, 0.2) is 0 Å². The molecule has 5 amide bonds. The van der Waals surface area contributed by atoms with Crippen molar-refractivity contribution in [2.24, 2.45) is 0 Å². The number of benzene rings is 3. The van der Waals surface area contributed by atoms with E-state index in [1.807, 2.05) is 24.3 Å². The van der Waals surface area contributed by atoms with Crippen molar-refractivity contribution in [2.45, 2.75) is 38.0 Å². The summed E-state index contributed by atoms with van der Waals surface area (Å²) in [7, 11) is 0. The molecule has 2 saturated heterocycles. The van der Waals surface area contributed by atoms with E-state index in [1.165, 1.54) is 11.0 Å². The van der Waals surface area contributed by atoms with E-state index in [0.717, 1.165) is 11.1 Å². The Balaban J connectivity index is 1.22. The van der Waals surface area contributed by atoms with Gasteiger partial charge in [-0.05, 0) is 59.0 Å². The van der Waals surface area contributed by atoms with Crippen LogP contribution < -0.4 is 5.32 Å². The monoisotopic (exact) mass is 594 g/mol. The summed E-state index contributed by atoms with van der Waals surface area (Å²) in [6, 6.07) is 16.3. The number of hydrogen-bond donors (Lipinski definition) is 1. The lowest BCUT2D eigenvalue weighted by atomic mass is 9.97. The average Bonchev–Trinajstić information content (AvgIpc) is 3.46. The molecular weight excluding hydrogens is 570 g/mol. The molecule has 8 nitrogen and oxygen atoms in total. The van der Waals surface area contributed by atoms with Crippen molar-refractivity contribution in [1.82, 2.24) is 20.0 Å². The number of hydrogen-bond acceptors (Lipinski definition) is 4. The van der Waals surface area contributed by atoms with E-state index in [1.54, 1.807) is 40.1 Å². The van der Waals surface area contributed by atoms with Crippen molar-refractivity contribution in [1.29, 1.82) is 0 Å². The summed E-state index contributed by atoms with van der Waals surface area (Å²) in [6.45, 7) is 1.08. The van der Waals surface area contributed by atoms with Crippen LogP contribution in [-0.4, -0.2) is 57.6 Å². The SMILES string of the molecule is O=C1CCC(N2Cc3cc(CN4CCN(C(c5ccc(Cl)cc5)c5ccc(Cl)cc5)C4=O)cc(F)c3C2=O)C(=O)N1. The third-order valence-corrected chi connectivity index (χ3v) is 8.32. The average molecular weight is 595 g/mol. The van der Waals surface area contributed by atoms with Gasteiger partial charge in [0.05, 0.1) is 11.6 Å². The lowest BCUT2D eigenvalue weighted by Gasteiger charge is -2.29. The summed E-state index contributed by atoms with van der Waals surface area (Å²) in [5.41, 5.74) is 2.71. The molecule has 3 aliphatic heterocycles. The van der Waals surface area contributed by atoms with Gasteiger partial charge < -0.3 is 14.7 Å². The highest BCUT2D eigenvalue weighted by molar-refractivity contribution is 6.30. The minimum atomic E-state index is -0.832. The number of carbonyl (C=O) groups is 4. The van der Waals surface area contributed by atoms with Crippen LogP contribution in [-0.2, 0) is 22.7 Å². The molecule has 1 unspecified atom stereocenters. The first-order valence-corrected chi connectivity index (χ1v) is 14.0. The molecule has 1 atom stereocenters. The topological polar surface area (TPSA) is 90.0 Å². The van der Waals surface area contributed by atoms with E-state index in [0.29, 0.717) is 34.3 Å². The Kier molecular flexibility index (Phi) is 7.17. The van der Waals surface area contributed by atoms with Gasteiger partial charge in [-0.2, -0.15) is 0 Å². The molecule has 41 heavy (non-hydrogen) atoms. The maximum absolute atomic E-state index is 15.2. The van der Waals surface area contributed by atoms with Crippen molar-refractivity contribution >= 4 is 47.0 Å². The normalized spacial score (nSPS) is 18.9. The first-order valence-electron chi connectivity index (χ1n) is 13.2. The van der Waals surface area contributed by atoms with Crippen LogP contribution in [0, 0.1) is 5.82 Å². The van der Waals surface area contributed by atoms with Crippen LogP contribution >= 0.6 is 23.2 Å². The smallest absolute Gasteiger partial charge is 0.321 e. The van der Waals surface area contributed by atoms with Gasteiger partial charge in [0.2, 0.25) is 11.8 Å². The predicted molar refractivity (Wildman–Crippen MR) is 150 cm³/mol. The molecule has 0 aliphatic carbocycles. The van der Waals surface area contributed by atoms with Crippen LogP contribution in [0.2, 0.25) is 10.0 Å². The summed E-state index contributed by atoms with van der Waals surface area (Å²) in [5, 5.41) is 3.43. The molecular formula is C30H25Cl2FN4O4. The maximum atomic E-state index is 15.2. The molecule has 3 aromatic rings. The number of nitrogens with zero attached hydrogens (tertiary/aromatic N) is 3. The maximum Gasteiger partial charge on any atom is 0.321 e.